The number of aryl methyl sites for hydroxylation is 2. The second kappa shape index (κ2) is 7.09. The highest BCUT2D eigenvalue weighted by molar-refractivity contribution is 5.81. The van der Waals surface area contributed by atoms with E-state index in [2.05, 4.69) is 16.0 Å². The molecule has 1 aromatic heterocycles. The van der Waals surface area contributed by atoms with Crippen LogP contribution >= 0.6 is 0 Å². The Hall–Kier alpha value is -2.93. The van der Waals surface area contributed by atoms with E-state index in [1.54, 1.807) is 0 Å². The second-order valence-corrected chi connectivity index (χ2v) is 8.47. The average molecular weight is 411 g/mol. The summed E-state index contributed by atoms with van der Waals surface area (Å²) >= 11 is 0. The summed E-state index contributed by atoms with van der Waals surface area (Å²) in [5.74, 6) is 1.00. The molecule has 2 aromatic carbocycles. The molecule has 0 unspecified atom stereocenters. The van der Waals surface area contributed by atoms with Crippen LogP contribution in [-0.4, -0.2) is 0 Å². The minimum Gasteiger partial charge on any atom is -0.464 e. The van der Waals surface area contributed by atoms with Crippen molar-refractivity contribution in [2.45, 2.75) is 59.2 Å². The van der Waals surface area contributed by atoms with E-state index in [-0.39, 0.29) is 28.6 Å². The lowest BCUT2D eigenvalue weighted by Gasteiger charge is -2.24. The molecule has 0 radical (unpaired) electrons. The first kappa shape index (κ1) is 20.3. The van der Waals surface area contributed by atoms with Gasteiger partial charge < -0.3 is 20.4 Å². The van der Waals surface area contributed by atoms with E-state index in [1.807, 2.05) is 46.8 Å². The minimum absolute atomic E-state index is 0.0939. The van der Waals surface area contributed by atoms with Crippen molar-refractivity contribution >= 4 is 17.1 Å². The molecule has 158 valence electrons. The van der Waals surface area contributed by atoms with E-state index in [9.17, 15) is 14.0 Å². The van der Waals surface area contributed by atoms with Gasteiger partial charge in [-0.1, -0.05) is 6.92 Å². The van der Waals surface area contributed by atoms with Gasteiger partial charge in [-0.3, -0.25) is 9.59 Å². The molecule has 0 bridgehead atoms. The molecule has 3 aromatic rings. The topological polar surface area (TPSA) is 83.4 Å². The Labute approximate surface area is 174 Å². The van der Waals surface area contributed by atoms with Crippen molar-refractivity contribution in [3.8, 4) is 0 Å². The van der Waals surface area contributed by atoms with Crippen molar-refractivity contribution in [2.24, 2.45) is 0 Å². The van der Waals surface area contributed by atoms with Crippen molar-refractivity contribution in [2.75, 3.05) is 10.6 Å². The largest absolute Gasteiger partial charge is 0.464 e. The van der Waals surface area contributed by atoms with Crippen molar-refractivity contribution in [1.29, 1.82) is 0 Å². The molecule has 1 aliphatic rings. The molecule has 0 aliphatic carbocycles. The van der Waals surface area contributed by atoms with Crippen molar-refractivity contribution in [1.82, 2.24) is 5.32 Å². The normalized spacial score (nSPS) is 15.9. The van der Waals surface area contributed by atoms with Crippen molar-refractivity contribution < 1.29 is 8.81 Å². The first-order valence-electron chi connectivity index (χ1n) is 10.1. The van der Waals surface area contributed by atoms with Gasteiger partial charge in [0.25, 0.3) is 10.9 Å². The highest BCUT2D eigenvalue weighted by atomic mass is 19.1. The maximum absolute atomic E-state index is 14.9. The zero-order valence-electron chi connectivity index (χ0n) is 17.8. The summed E-state index contributed by atoms with van der Waals surface area (Å²) in [4.78, 5) is 24.6. The lowest BCUT2D eigenvalue weighted by Crippen LogP contribution is -2.37. The number of hydrogen-bond acceptors (Lipinski definition) is 6. The van der Waals surface area contributed by atoms with Gasteiger partial charge in [-0.2, -0.15) is 0 Å². The van der Waals surface area contributed by atoms with Crippen LogP contribution < -0.4 is 26.8 Å². The van der Waals surface area contributed by atoms with Gasteiger partial charge in [0, 0.05) is 12.1 Å². The van der Waals surface area contributed by atoms with E-state index in [1.165, 1.54) is 6.07 Å². The SMILES string of the molecule is CC[C@@H](Nc1c(Nc2c(F)cc(C)c3c2CNC3(C)C)c(=O)c1=O)c1ccc(C)o1. The Balaban J connectivity index is 1.70. The van der Waals surface area contributed by atoms with Gasteiger partial charge in [0.2, 0.25) is 0 Å². The maximum Gasteiger partial charge on any atom is 0.253 e. The van der Waals surface area contributed by atoms with Gasteiger partial charge >= 0.3 is 0 Å². The van der Waals surface area contributed by atoms with Crippen LogP contribution in [0.2, 0.25) is 0 Å². The zero-order valence-corrected chi connectivity index (χ0v) is 17.8. The summed E-state index contributed by atoms with van der Waals surface area (Å²) in [6, 6.07) is 4.89. The molecule has 0 fully saturated rings. The molecule has 6 nitrogen and oxygen atoms in total. The standard InChI is InChI=1S/C23H26FN3O3/c1-6-15(16-8-7-12(3)30-16)26-19-20(22(29)21(19)28)27-18-13-10-25-23(4,5)17(13)11(2)9-14(18)24/h7-9,15,25-27H,6,10H2,1-5H3/t15-/m1/s1. The number of benzene rings is 1. The highest BCUT2D eigenvalue weighted by Crippen LogP contribution is 2.40. The Bertz CT molecular complexity index is 1200. The van der Waals surface area contributed by atoms with Crippen LogP contribution in [0.15, 0.2) is 32.2 Å². The number of hydrogen-bond donors (Lipinski definition) is 3. The zero-order chi connectivity index (χ0) is 21.8. The molecule has 30 heavy (non-hydrogen) atoms. The van der Waals surface area contributed by atoms with Crippen molar-refractivity contribution in [3.63, 3.8) is 0 Å². The number of furan rings is 1. The van der Waals surface area contributed by atoms with E-state index >= 15 is 0 Å². The van der Waals surface area contributed by atoms with Crippen molar-refractivity contribution in [3.05, 3.63) is 72.7 Å². The van der Waals surface area contributed by atoms with Crippen LogP contribution in [0.25, 0.3) is 0 Å². The number of anilines is 3. The van der Waals surface area contributed by atoms with Crippen LogP contribution in [0.4, 0.5) is 21.5 Å². The smallest absolute Gasteiger partial charge is 0.253 e. The molecule has 1 atom stereocenters. The molecular weight excluding hydrogens is 385 g/mol. The molecule has 2 heterocycles. The summed E-state index contributed by atoms with van der Waals surface area (Å²) < 4.78 is 20.5. The fourth-order valence-electron chi connectivity index (χ4n) is 4.38. The van der Waals surface area contributed by atoms with Gasteiger partial charge in [0.1, 0.15) is 28.7 Å². The quantitative estimate of drug-likeness (QED) is 0.525. The summed E-state index contributed by atoms with van der Waals surface area (Å²) in [5.41, 5.74) is 1.58. The Morgan fingerprint density at radius 3 is 2.50 bits per heavy atom. The molecule has 4 rings (SSSR count). The Morgan fingerprint density at radius 2 is 1.87 bits per heavy atom. The van der Waals surface area contributed by atoms with Gasteiger partial charge in [0.05, 0.1) is 11.7 Å². The molecule has 0 saturated carbocycles. The summed E-state index contributed by atoms with van der Waals surface area (Å²) in [5, 5.41) is 9.42. The van der Waals surface area contributed by atoms with E-state index in [4.69, 9.17) is 4.42 Å². The lowest BCUT2D eigenvalue weighted by atomic mass is 9.89. The summed E-state index contributed by atoms with van der Waals surface area (Å²) in [6.45, 7) is 10.2. The lowest BCUT2D eigenvalue weighted by molar-refractivity contribution is 0.441. The highest BCUT2D eigenvalue weighted by Gasteiger charge is 2.35. The van der Waals surface area contributed by atoms with E-state index in [0.717, 1.165) is 22.5 Å². The Morgan fingerprint density at radius 1 is 1.17 bits per heavy atom. The second-order valence-electron chi connectivity index (χ2n) is 8.47. The number of nitrogens with one attached hydrogen (secondary N) is 3. The first-order chi connectivity index (χ1) is 14.1. The van der Waals surface area contributed by atoms with Gasteiger partial charge in [-0.15, -0.1) is 0 Å². The molecule has 1 aliphatic heterocycles. The number of rotatable bonds is 6. The fourth-order valence-corrected chi connectivity index (χ4v) is 4.38. The number of fused-ring (bicyclic) bond motifs is 1. The van der Waals surface area contributed by atoms with Crippen LogP contribution in [0.3, 0.4) is 0 Å². The van der Waals surface area contributed by atoms with Gasteiger partial charge in [-0.25, -0.2) is 4.39 Å². The predicted molar refractivity (Wildman–Crippen MR) is 116 cm³/mol. The molecule has 0 spiro atoms. The predicted octanol–water partition coefficient (Wildman–Crippen LogP) is 4.28. The molecule has 0 saturated heterocycles. The molecule has 7 heteroatoms. The van der Waals surface area contributed by atoms with Crippen LogP contribution in [0.1, 0.15) is 61.4 Å². The Kier molecular flexibility index (Phi) is 4.81. The molecule has 3 N–H and O–H groups in total. The monoisotopic (exact) mass is 411 g/mol. The maximum atomic E-state index is 14.9. The first-order valence-corrected chi connectivity index (χ1v) is 10.1. The summed E-state index contributed by atoms with van der Waals surface area (Å²) in [6.07, 6.45) is 0.650. The molecule has 0 amide bonds. The fraction of sp³-hybridized carbons (Fsp3) is 0.391. The number of halogens is 1. The third kappa shape index (κ3) is 3.13. The van der Waals surface area contributed by atoms with E-state index < -0.39 is 16.7 Å². The summed E-state index contributed by atoms with van der Waals surface area (Å²) in [7, 11) is 0. The average Bonchev–Trinajstić information content (AvgIpc) is 3.26. The van der Waals surface area contributed by atoms with Crippen LogP contribution in [0, 0.1) is 19.7 Å². The van der Waals surface area contributed by atoms with Gasteiger partial charge in [0.15, 0.2) is 0 Å². The van der Waals surface area contributed by atoms with Crippen LogP contribution in [-0.2, 0) is 12.1 Å². The van der Waals surface area contributed by atoms with Gasteiger partial charge in [-0.05, 0) is 69.0 Å². The third-order valence-corrected chi connectivity index (χ3v) is 5.90. The molecular formula is C23H26FN3O3. The van der Waals surface area contributed by atoms with Crippen LogP contribution in [0.5, 0.6) is 0 Å². The minimum atomic E-state index is -0.651. The third-order valence-electron chi connectivity index (χ3n) is 5.90. The van der Waals surface area contributed by atoms with E-state index in [0.29, 0.717) is 18.7 Å².